The number of likely N-dealkylation sites (tertiary alicyclic amines) is 1. The molecule has 0 aromatic carbocycles. The minimum Gasteiger partial charge on any atom is -0.444 e. The van der Waals surface area contributed by atoms with Crippen molar-refractivity contribution in [1.82, 2.24) is 10.2 Å². The summed E-state index contributed by atoms with van der Waals surface area (Å²) in [6, 6.07) is 0. The van der Waals surface area contributed by atoms with Crippen LogP contribution in [0.4, 0.5) is 9.18 Å². The summed E-state index contributed by atoms with van der Waals surface area (Å²) in [5.74, 6) is 0.00279. The number of ether oxygens (including phenoxy) is 1. The molecule has 1 unspecified atom stereocenters. The zero-order chi connectivity index (χ0) is 19.0. The van der Waals surface area contributed by atoms with Crippen molar-refractivity contribution in [3.05, 3.63) is 23.7 Å². The summed E-state index contributed by atoms with van der Waals surface area (Å²) in [6.45, 7) is 10.7. The zero-order valence-corrected chi connectivity index (χ0v) is 16.1. The Bertz CT molecular complexity index is 531. The summed E-state index contributed by atoms with van der Waals surface area (Å²) in [4.78, 5) is 13.7. The van der Waals surface area contributed by atoms with Crippen molar-refractivity contribution in [2.75, 3.05) is 19.6 Å². The lowest BCUT2D eigenvalue weighted by atomic mass is 10.0. The molecule has 0 spiro atoms. The molecule has 1 heterocycles. The Hall–Kier alpha value is -1.85. The number of halogens is 1. The van der Waals surface area contributed by atoms with Gasteiger partial charge in [-0.3, -0.25) is 5.41 Å². The van der Waals surface area contributed by atoms with E-state index in [4.69, 9.17) is 10.1 Å². The van der Waals surface area contributed by atoms with E-state index in [0.29, 0.717) is 24.7 Å². The smallest absolute Gasteiger partial charge is 0.407 e. The topological polar surface area (TPSA) is 65.4 Å². The third kappa shape index (κ3) is 7.71. The van der Waals surface area contributed by atoms with E-state index in [1.807, 2.05) is 32.6 Å². The molecule has 5 nitrogen and oxygen atoms in total. The maximum Gasteiger partial charge on any atom is 0.407 e. The Kier molecular flexibility index (Phi) is 8.13. The molecule has 2 N–H and O–H groups in total. The van der Waals surface area contributed by atoms with Crippen molar-refractivity contribution >= 4 is 11.8 Å². The van der Waals surface area contributed by atoms with Crippen LogP contribution in [0.2, 0.25) is 0 Å². The van der Waals surface area contributed by atoms with Crippen LogP contribution in [0, 0.1) is 11.3 Å². The van der Waals surface area contributed by atoms with E-state index in [0.717, 1.165) is 25.8 Å². The second-order valence-electron chi connectivity index (χ2n) is 7.46. The molecule has 0 radical (unpaired) electrons. The lowest BCUT2D eigenvalue weighted by Gasteiger charge is -2.26. The first kappa shape index (κ1) is 21.2. The summed E-state index contributed by atoms with van der Waals surface area (Å²) in [7, 11) is 0. The average Bonchev–Trinajstić information content (AvgIpc) is 2.69. The highest BCUT2D eigenvalue weighted by atomic mass is 19.1. The van der Waals surface area contributed by atoms with E-state index in [2.05, 4.69) is 5.32 Å². The van der Waals surface area contributed by atoms with E-state index < -0.39 is 11.7 Å². The Morgan fingerprint density at radius 1 is 1.36 bits per heavy atom. The van der Waals surface area contributed by atoms with E-state index in [1.54, 1.807) is 12.2 Å². The van der Waals surface area contributed by atoms with Crippen molar-refractivity contribution in [2.24, 2.45) is 5.92 Å². The molecule has 0 aliphatic carbocycles. The lowest BCUT2D eigenvalue weighted by Crippen LogP contribution is -2.35. The number of hydrogen-bond donors (Lipinski definition) is 2. The third-order valence-corrected chi connectivity index (χ3v) is 4.01. The number of alkyl carbamates (subject to hydrolysis) is 1. The number of nitrogens with one attached hydrogen (secondary N) is 2. The van der Waals surface area contributed by atoms with Gasteiger partial charge in [-0.1, -0.05) is 6.08 Å². The number of carbonyl (C=O) groups is 1. The molecule has 0 aromatic heterocycles. The summed E-state index contributed by atoms with van der Waals surface area (Å²) < 4.78 is 19.2. The minimum atomic E-state index is -0.504. The average molecular weight is 353 g/mol. The van der Waals surface area contributed by atoms with Crippen molar-refractivity contribution in [1.29, 1.82) is 5.41 Å². The van der Waals surface area contributed by atoms with Gasteiger partial charge in [0.15, 0.2) is 0 Å². The summed E-state index contributed by atoms with van der Waals surface area (Å²) in [5, 5.41) is 10.9. The highest BCUT2D eigenvalue weighted by molar-refractivity contribution is 6.05. The normalized spacial score (nSPS) is 20.1. The summed E-state index contributed by atoms with van der Waals surface area (Å²) in [6.07, 6.45) is 5.67. The van der Waals surface area contributed by atoms with Gasteiger partial charge >= 0.3 is 6.09 Å². The number of allylic oxidation sites excluding steroid dienone is 3. The predicted octanol–water partition coefficient (Wildman–Crippen LogP) is 4.41. The fraction of sp³-hybridized carbons (Fsp3) is 0.684. The van der Waals surface area contributed by atoms with Gasteiger partial charge in [0, 0.05) is 19.6 Å². The number of amides is 1. The Morgan fingerprint density at radius 3 is 2.60 bits per heavy atom. The highest BCUT2D eigenvalue weighted by Crippen LogP contribution is 2.23. The van der Waals surface area contributed by atoms with Gasteiger partial charge in [-0.2, -0.15) is 0 Å². The van der Waals surface area contributed by atoms with Gasteiger partial charge in [0.25, 0.3) is 0 Å². The summed E-state index contributed by atoms with van der Waals surface area (Å²) >= 11 is 0. The first-order chi connectivity index (χ1) is 11.6. The van der Waals surface area contributed by atoms with Gasteiger partial charge in [0.05, 0.1) is 11.4 Å². The van der Waals surface area contributed by atoms with Crippen LogP contribution < -0.4 is 5.32 Å². The first-order valence-corrected chi connectivity index (χ1v) is 8.94. The highest BCUT2D eigenvalue weighted by Gasteiger charge is 2.23. The molecule has 0 aromatic rings. The minimum absolute atomic E-state index is 0.202. The van der Waals surface area contributed by atoms with Crippen LogP contribution in [0.15, 0.2) is 23.7 Å². The molecule has 1 amide bonds. The molecule has 0 saturated carbocycles. The molecular formula is C19H32FN3O2. The Labute approximate surface area is 150 Å². The van der Waals surface area contributed by atoms with Crippen LogP contribution >= 0.6 is 0 Å². The predicted molar refractivity (Wildman–Crippen MR) is 99.5 cm³/mol. The van der Waals surface area contributed by atoms with E-state index in [9.17, 15) is 9.18 Å². The van der Waals surface area contributed by atoms with Crippen LogP contribution in [0.1, 0.15) is 53.9 Å². The van der Waals surface area contributed by atoms with E-state index >= 15 is 0 Å². The molecule has 1 aliphatic heterocycles. The van der Waals surface area contributed by atoms with Crippen LogP contribution in [0.5, 0.6) is 0 Å². The quantitative estimate of drug-likeness (QED) is 0.720. The van der Waals surface area contributed by atoms with Crippen LogP contribution in [0.25, 0.3) is 0 Å². The second-order valence-corrected chi connectivity index (χ2v) is 7.46. The van der Waals surface area contributed by atoms with Gasteiger partial charge < -0.3 is 15.0 Å². The van der Waals surface area contributed by atoms with E-state index in [1.165, 1.54) is 6.92 Å². The van der Waals surface area contributed by atoms with Crippen LogP contribution in [0.3, 0.4) is 0 Å². The molecule has 1 fully saturated rings. The molecule has 1 aliphatic rings. The van der Waals surface area contributed by atoms with Crippen molar-refractivity contribution in [2.45, 2.75) is 59.5 Å². The van der Waals surface area contributed by atoms with Crippen molar-refractivity contribution in [3.63, 3.8) is 0 Å². The monoisotopic (exact) mass is 353 g/mol. The molecule has 1 saturated heterocycles. The Morgan fingerprint density at radius 2 is 2.04 bits per heavy atom. The molecular weight excluding hydrogens is 321 g/mol. The summed E-state index contributed by atoms with van der Waals surface area (Å²) in [5.41, 5.74) is 0.0715. The number of nitrogens with zero attached hydrogens (tertiary/aromatic N) is 1. The zero-order valence-electron chi connectivity index (χ0n) is 16.1. The number of carbonyl (C=O) groups excluding carboxylic acids is 1. The second kappa shape index (κ2) is 9.59. The fourth-order valence-corrected chi connectivity index (χ4v) is 2.95. The van der Waals surface area contributed by atoms with Gasteiger partial charge in [0.2, 0.25) is 0 Å². The molecule has 25 heavy (non-hydrogen) atoms. The van der Waals surface area contributed by atoms with Crippen molar-refractivity contribution < 1.29 is 13.9 Å². The molecule has 6 heteroatoms. The van der Waals surface area contributed by atoms with Gasteiger partial charge in [0.1, 0.15) is 11.4 Å². The maximum atomic E-state index is 14.0. The fourth-order valence-electron chi connectivity index (χ4n) is 2.95. The van der Waals surface area contributed by atoms with Gasteiger partial charge in [-0.25, -0.2) is 9.18 Å². The van der Waals surface area contributed by atoms with Crippen LogP contribution in [-0.4, -0.2) is 41.9 Å². The van der Waals surface area contributed by atoms with Gasteiger partial charge in [-0.15, -0.1) is 0 Å². The Balaban J connectivity index is 2.60. The lowest BCUT2D eigenvalue weighted by molar-refractivity contribution is 0.0518. The molecule has 1 rings (SSSR count). The van der Waals surface area contributed by atoms with E-state index in [-0.39, 0.29) is 11.5 Å². The van der Waals surface area contributed by atoms with Gasteiger partial charge in [-0.05, 0) is 65.9 Å². The maximum absolute atomic E-state index is 14.0. The molecule has 142 valence electrons. The standard InChI is InChI=1S/C19H32FN3O2/c1-6-8-16(21)17(14(2)20)23-11-7-9-15(10-12-23)13-22-18(24)25-19(3,4)5/h6,8,15,21H,7,9-13H2,1-5H3,(H,22,24)/b8-6-,17-14-,21-16?. The number of hydrogen-bond acceptors (Lipinski definition) is 4. The van der Waals surface area contributed by atoms with Crippen molar-refractivity contribution in [3.8, 4) is 0 Å². The molecule has 0 bridgehead atoms. The first-order valence-electron chi connectivity index (χ1n) is 8.94. The number of rotatable bonds is 5. The van der Waals surface area contributed by atoms with Crippen LogP contribution in [-0.2, 0) is 4.74 Å². The molecule has 1 atom stereocenters. The SMILES string of the molecule is C/C=C\C(=N)/C(=C(\C)F)N1CCCC(CNC(=O)OC(C)(C)C)CC1. The largest absolute Gasteiger partial charge is 0.444 e. The third-order valence-electron chi connectivity index (χ3n) is 4.01.